The number of aliphatic hydroxyl groups is 1. The molecule has 6 nitrogen and oxygen atoms in total. The zero-order valence-corrected chi connectivity index (χ0v) is 13.5. The molecule has 0 heterocycles. The zero-order chi connectivity index (χ0) is 15.9. The van der Waals surface area contributed by atoms with Crippen molar-refractivity contribution in [1.29, 1.82) is 0 Å². The van der Waals surface area contributed by atoms with Gasteiger partial charge in [0.05, 0.1) is 19.0 Å². The average molecular weight is 332 g/mol. The number of methoxy groups -OCH3 is 1. The predicted molar refractivity (Wildman–Crippen MR) is 85.5 cm³/mol. The van der Waals surface area contributed by atoms with Crippen LogP contribution in [0.25, 0.3) is 0 Å². The van der Waals surface area contributed by atoms with Crippen LogP contribution in [0.4, 0.5) is 0 Å². The minimum absolute atomic E-state index is 0.0287. The summed E-state index contributed by atoms with van der Waals surface area (Å²) in [5.74, 6) is -0.218. The maximum Gasteiger partial charge on any atom is 0.218 e. The third kappa shape index (κ3) is 5.33. The van der Waals surface area contributed by atoms with Crippen molar-refractivity contribution >= 4 is 27.2 Å². The van der Waals surface area contributed by atoms with Crippen molar-refractivity contribution in [1.82, 2.24) is 4.31 Å². The molecular weight excluding hydrogens is 312 g/mol. The second-order valence-electron chi connectivity index (χ2n) is 4.39. The van der Waals surface area contributed by atoms with Crippen molar-refractivity contribution in [2.75, 3.05) is 33.4 Å². The number of nitrogens with two attached hydrogens (primary N) is 1. The highest BCUT2D eigenvalue weighted by atomic mass is 32.2. The van der Waals surface area contributed by atoms with E-state index >= 15 is 0 Å². The Kier molecular flexibility index (Phi) is 7.20. The lowest BCUT2D eigenvalue weighted by Gasteiger charge is -2.21. The van der Waals surface area contributed by atoms with Crippen molar-refractivity contribution in [2.24, 2.45) is 5.73 Å². The summed E-state index contributed by atoms with van der Waals surface area (Å²) in [6.07, 6.45) is 0. The van der Waals surface area contributed by atoms with Crippen LogP contribution in [0.2, 0.25) is 0 Å². The highest BCUT2D eigenvalue weighted by Gasteiger charge is 2.23. The van der Waals surface area contributed by atoms with Gasteiger partial charge in [-0.3, -0.25) is 0 Å². The van der Waals surface area contributed by atoms with Gasteiger partial charge in [-0.15, -0.1) is 0 Å². The highest BCUT2D eigenvalue weighted by Crippen LogP contribution is 2.15. The Morgan fingerprint density at radius 2 is 2.05 bits per heavy atom. The summed E-state index contributed by atoms with van der Waals surface area (Å²) in [6, 6.07) is 6.86. The maximum atomic E-state index is 12.4. The first-order chi connectivity index (χ1) is 9.92. The molecule has 1 aromatic carbocycles. The van der Waals surface area contributed by atoms with E-state index in [0.29, 0.717) is 11.1 Å². The summed E-state index contributed by atoms with van der Waals surface area (Å²) in [7, 11) is -2.10. The third-order valence-electron chi connectivity index (χ3n) is 2.91. The van der Waals surface area contributed by atoms with E-state index in [-0.39, 0.29) is 37.0 Å². The number of sulfonamides is 1. The molecule has 0 aliphatic rings. The van der Waals surface area contributed by atoms with Crippen LogP contribution in [-0.4, -0.2) is 56.2 Å². The molecule has 0 fully saturated rings. The molecule has 0 saturated carbocycles. The van der Waals surface area contributed by atoms with E-state index in [9.17, 15) is 8.42 Å². The Labute approximate surface area is 130 Å². The van der Waals surface area contributed by atoms with E-state index < -0.39 is 10.0 Å². The van der Waals surface area contributed by atoms with Gasteiger partial charge in [0.1, 0.15) is 4.99 Å². The molecule has 0 amide bonds. The molecule has 0 radical (unpaired) electrons. The Balaban J connectivity index is 2.99. The molecule has 0 bridgehead atoms. The standard InChI is InChI=1S/C13H20N2O4S2/c1-19-9-7-15(6-8-16)21(17,18)10-11-4-2-3-5-12(11)13(14)20/h2-5,16H,6-10H2,1H3,(H2,14,20). The Morgan fingerprint density at radius 3 is 2.62 bits per heavy atom. The molecule has 0 aliphatic carbocycles. The van der Waals surface area contributed by atoms with Crippen LogP contribution in [0, 0.1) is 0 Å². The maximum absolute atomic E-state index is 12.4. The lowest BCUT2D eigenvalue weighted by molar-refractivity contribution is 0.168. The normalized spacial score (nSPS) is 11.8. The number of benzene rings is 1. The summed E-state index contributed by atoms with van der Waals surface area (Å²) in [5.41, 5.74) is 6.71. The summed E-state index contributed by atoms with van der Waals surface area (Å²) in [4.78, 5) is 0.159. The van der Waals surface area contributed by atoms with Crippen molar-refractivity contribution in [2.45, 2.75) is 5.75 Å². The summed E-state index contributed by atoms with van der Waals surface area (Å²) < 4.78 is 31.0. The van der Waals surface area contributed by atoms with E-state index in [2.05, 4.69) is 0 Å². The van der Waals surface area contributed by atoms with Gasteiger partial charge in [-0.1, -0.05) is 36.5 Å². The molecule has 21 heavy (non-hydrogen) atoms. The van der Waals surface area contributed by atoms with E-state index in [0.717, 1.165) is 0 Å². The molecule has 0 spiro atoms. The minimum Gasteiger partial charge on any atom is -0.395 e. The lowest BCUT2D eigenvalue weighted by Crippen LogP contribution is -2.37. The fourth-order valence-electron chi connectivity index (χ4n) is 1.87. The van der Waals surface area contributed by atoms with Crippen LogP contribution in [0.1, 0.15) is 11.1 Å². The third-order valence-corrected chi connectivity index (χ3v) is 4.96. The molecule has 0 atom stereocenters. The van der Waals surface area contributed by atoms with E-state index in [1.165, 1.54) is 11.4 Å². The van der Waals surface area contributed by atoms with Gasteiger partial charge in [0.2, 0.25) is 10.0 Å². The van der Waals surface area contributed by atoms with Gasteiger partial charge in [-0.2, -0.15) is 4.31 Å². The van der Waals surface area contributed by atoms with Crippen molar-refractivity contribution in [3.8, 4) is 0 Å². The van der Waals surface area contributed by atoms with E-state index in [4.69, 9.17) is 27.8 Å². The van der Waals surface area contributed by atoms with Crippen molar-refractivity contribution < 1.29 is 18.3 Å². The van der Waals surface area contributed by atoms with E-state index in [1.54, 1.807) is 24.3 Å². The van der Waals surface area contributed by atoms with Crippen molar-refractivity contribution in [3.05, 3.63) is 35.4 Å². The number of rotatable bonds is 9. The summed E-state index contributed by atoms with van der Waals surface area (Å²) in [5, 5.41) is 9.02. The molecule has 3 N–H and O–H groups in total. The van der Waals surface area contributed by atoms with Crippen LogP contribution in [0.3, 0.4) is 0 Å². The fraction of sp³-hybridized carbons (Fsp3) is 0.462. The predicted octanol–water partition coefficient (Wildman–Crippen LogP) is 0.0913. The molecule has 0 aliphatic heterocycles. The Bertz CT molecular complexity index is 575. The molecule has 0 unspecified atom stereocenters. The SMILES string of the molecule is COCCN(CCO)S(=O)(=O)Cc1ccccc1C(N)=S. The van der Waals surface area contributed by atoms with Gasteiger partial charge in [-0.25, -0.2) is 8.42 Å². The van der Waals surface area contributed by atoms with Gasteiger partial charge in [0.15, 0.2) is 0 Å². The van der Waals surface area contributed by atoms with Gasteiger partial charge >= 0.3 is 0 Å². The number of hydrogen-bond donors (Lipinski definition) is 2. The van der Waals surface area contributed by atoms with E-state index in [1.807, 2.05) is 0 Å². The second kappa shape index (κ2) is 8.40. The van der Waals surface area contributed by atoms with Gasteiger partial charge in [0, 0.05) is 25.8 Å². The number of nitrogens with zero attached hydrogens (tertiary/aromatic N) is 1. The van der Waals surface area contributed by atoms with Gasteiger partial charge in [0.25, 0.3) is 0 Å². The number of thiocarbonyl (C=S) groups is 1. The molecule has 118 valence electrons. The Hall–Kier alpha value is -1.06. The van der Waals surface area contributed by atoms with Gasteiger partial charge < -0.3 is 15.6 Å². The quantitative estimate of drug-likeness (QED) is 0.623. The van der Waals surface area contributed by atoms with Crippen LogP contribution in [-0.2, 0) is 20.5 Å². The zero-order valence-electron chi connectivity index (χ0n) is 11.9. The molecule has 8 heteroatoms. The van der Waals surface area contributed by atoms with Crippen molar-refractivity contribution in [3.63, 3.8) is 0 Å². The number of aliphatic hydroxyl groups excluding tert-OH is 1. The second-order valence-corrected chi connectivity index (χ2v) is 6.80. The van der Waals surface area contributed by atoms with Gasteiger partial charge in [-0.05, 0) is 5.56 Å². The van der Waals surface area contributed by atoms with Crippen LogP contribution in [0.5, 0.6) is 0 Å². The Morgan fingerprint density at radius 1 is 1.38 bits per heavy atom. The largest absolute Gasteiger partial charge is 0.395 e. The smallest absolute Gasteiger partial charge is 0.218 e. The van der Waals surface area contributed by atoms with Crippen LogP contribution in [0.15, 0.2) is 24.3 Å². The highest BCUT2D eigenvalue weighted by molar-refractivity contribution is 7.88. The molecule has 1 rings (SSSR count). The molecule has 0 aromatic heterocycles. The molecular formula is C13H20N2O4S2. The topological polar surface area (TPSA) is 92.9 Å². The van der Waals surface area contributed by atoms with Crippen LogP contribution >= 0.6 is 12.2 Å². The number of ether oxygens (including phenoxy) is 1. The summed E-state index contributed by atoms with van der Waals surface area (Å²) >= 11 is 4.93. The fourth-order valence-corrected chi connectivity index (χ4v) is 3.61. The first-order valence-corrected chi connectivity index (χ1v) is 8.39. The molecule has 0 saturated heterocycles. The first kappa shape index (κ1) is 18.0. The average Bonchev–Trinajstić information content (AvgIpc) is 2.43. The summed E-state index contributed by atoms with van der Waals surface area (Å²) in [6.45, 7) is 0.228. The lowest BCUT2D eigenvalue weighted by atomic mass is 10.1. The van der Waals surface area contributed by atoms with Crippen LogP contribution < -0.4 is 5.73 Å². The molecule has 1 aromatic rings. The monoisotopic (exact) mass is 332 g/mol. The number of hydrogen-bond acceptors (Lipinski definition) is 5. The first-order valence-electron chi connectivity index (χ1n) is 6.37. The minimum atomic E-state index is -3.59.